The monoisotopic (exact) mass is 996 g/mol. The van der Waals surface area contributed by atoms with Crippen molar-refractivity contribution in [2.24, 2.45) is 28.4 Å². The molecule has 17 nitrogen and oxygen atoms in total. The van der Waals surface area contributed by atoms with Crippen LogP contribution in [0.15, 0.2) is 53.4 Å². The topological polar surface area (TPSA) is 239 Å². The molecule has 0 spiro atoms. The van der Waals surface area contributed by atoms with Gasteiger partial charge in [-0.1, -0.05) is 84.7 Å². The molecule has 0 radical (unpaired) electrons. The van der Waals surface area contributed by atoms with Crippen LogP contribution in [-0.4, -0.2) is 124 Å². The van der Waals surface area contributed by atoms with Crippen LogP contribution < -0.4 is 25.2 Å². The minimum Gasteiger partial charge on any atom is -0.454 e. The molecule has 3 aliphatic rings. The Morgan fingerprint density at radius 2 is 1.58 bits per heavy atom. The maximum absolute atomic E-state index is 14.2. The van der Waals surface area contributed by atoms with Gasteiger partial charge in [0.25, 0.3) is 0 Å². The molecule has 2 aromatic rings. The van der Waals surface area contributed by atoms with Crippen LogP contribution in [0.1, 0.15) is 92.1 Å². The van der Waals surface area contributed by atoms with Crippen molar-refractivity contribution in [1.29, 1.82) is 0 Å². The van der Waals surface area contributed by atoms with E-state index in [0.717, 1.165) is 56.8 Å². The first kappa shape index (κ1) is 56.5. The van der Waals surface area contributed by atoms with Gasteiger partial charge in [0.15, 0.2) is 17.8 Å². The molecule has 0 bridgehead atoms. The zero-order valence-corrected chi connectivity index (χ0v) is 42.4. The number of carbonyl (C=O) groups excluding carboxylic acids is 1. The summed E-state index contributed by atoms with van der Waals surface area (Å²) in [5, 5.41) is 14.5. The number of hydrogen-bond acceptors (Lipinski definition) is 14. The first-order valence-electron chi connectivity index (χ1n) is 22.1. The van der Waals surface area contributed by atoms with Gasteiger partial charge in [-0.15, -0.1) is 0 Å². The number of unbranched alkanes of at least 4 members (excludes halogenated alkanes) is 2. The van der Waals surface area contributed by atoms with Crippen LogP contribution >= 0.6 is 10.7 Å². The minimum atomic E-state index is -4.11. The van der Waals surface area contributed by atoms with E-state index in [1.165, 1.54) is 22.7 Å². The molecular weight excluding hydrogens is 924 g/mol. The Morgan fingerprint density at radius 3 is 2.22 bits per heavy atom. The van der Waals surface area contributed by atoms with E-state index >= 15 is 0 Å². The molecule has 2 fully saturated rings. The molecule has 3 heterocycles. The van der Waals surface area contributed by atoms with Crippen molar-refractivity contribution in [2.45, 2.75) is 122 Å². The van der Waals surface area contributed by atoms with Crippen LogP contribution in [0, 0.1) is 22.7 Å². The molecule has 2 aromatic carbocycles. The van der Waals surface area contributed by atoms with Crippen LogP contribution in [0.4, 0.5) is 4.79 Å². The van der Waals surface area contributed by atoms with Crippen molar-refractivity contribution < 1.29 is 58.8 Å². The Balaban J connectivity index is 0.000000468. The highest BCUT2D eigenvalue weighted by molar-refractivity contribution is 8.13. The number of benzene rings is 2. The van der Waals surface area contributed by atoms with Gasteiger partial charge in [0.1, 0.15) is 6.10 Å². The number of fused-ring (bicyclic) bond motifs is 2. The lowest BCUT2D eigenvalue weighted by Gasteiger charge is -2.35. The molecular formula is C44H73ClN4O13S3. The summed E-state index contributed by atoms with van der Waals surface area (Å²) in [6.07, 6.45) is 5.83. The van der Waals surface area contributed by atoms with Crippen LogP contribution in [0.2, 0.25) is 0 Å². The van der Waals surface area contributed by atoms with E-state index in [2.05, 4.69) is 48.4 Å². The van der Waals surface area contributed by atoms with Crippen molar-refractivity contribution in [3.05, 3.63) is 54.1 Å². The summed E-state index contributed by atoms with van der Waals surface area (Å²) in [4.78, 5) is 13.2. The summed E-state index contributed by atoms with van der Waals surface area (Å²) >= 11 is 0. The number of amides is 1. The summed E-state index contributed by atoms with van der Waals surface area (Å²) in [5.74, 6) is 1.44. The molecule has 21 heteroatoms. The number of nitrogens with two attached hydrogens (primary N) is 1. The Morgan fingerprint density at radius 1 is 0.938 bits per heavy atom. The van der Waals surface area contributed by atoms with Crippen LogP contribution in [0.25, 0.3) is 0 Å². The zero-order valence-electron chi connectivity index (χ0n) is 39.2. The largest absolute Gasteiger partial charge is 0.454 e. The van der Waals surface area contributed by atoms with E-state index in [-0.39, 0.29) is 50.0 Å². The Bertz CT molecular complexity index is 2100. The molecule has 5 atom stereocenters. The number of rotatable bonds is 22. The summed E-state index contributed by atoms with van der Waals surface area (Å²) in [7, 11) is -5.80. The number of hydrogen-bond donors (Lipinski definition) is 4. The molecule has 0 aliphatic carbocycles. The average molecular weight is 998 g/mol. The van der Waals surface area contributed by atoms with E-state index < -0.39 is 58.9 Å². The molecule has 1 amide bonds. The first-order chi connectivity index (χ1) is 30.2. The van der Waals surface area contributed by atoms with Gasteiger partial charge >= 0.3 is 6.09 Å². The predicted octanol–water partition coefficient (Wildman–Crippen LogP) is 5.59. The Labute approximate surface area is 392 Å². The molecule has 0 unspecified atom stereocenters. The molecule has 2 saturated heterocycles. The van der Waals surface area contributed by atoms with Gasteiger partial charge in [-0.05, 0) is 79.5 Å². The lowest BCUT2D eigenvalue weighted by molar-refractivity contribution is -0.0907. The highest BCUT2D eigenvalue weighted by atomic mass is 35.7. The van der Waals surface area contributed by atoms with Gasteiger partial charge in [0, 0.05) is 36.4 Å². The molecule has 5 N–H and O–H groups in total. The second-order valence-corrected chi connectivity index (χ2v) is 25.5. The van der Waals surface area contributed by atoms with E-state index in [1.807, 2.05) is 44.2 Å². The number of sulfonamides is 2. The van der Waals surface area contributed by atoms with Gasteiger partial charge in [0.05, 0.1) is 48.7 Å². The lowest BCUT2D eigenvalue weighted by atomic mass is 9.77. The number of carbonyl (C=O) groups is 1. The van der Waals surface area contributed by atoms with Gasteiger partial charge in [-0.2, -0.15) is 4.31 Å². The Kier molecular flexibility index (Phi) is 22.2. The van der Waals surface area contributed by atoms with E-state index in [4.69, 9.17) is 29.4 Å². The summed E-state index contributed by atoms with van der Waals surface area (Å²) in [6, 6.07) is 13.0. The molecule has 65 heavy (non-hydrogen) atoms. The zero-order chi connectivity index (χ0) is 48.6. The van der Waals surface area contributed by atoms with Gasteiger partial charge in [-0.25, -0.2) is 34.8 Å². The lowest BCUT2D eigenvalue weighted by Crippen LogP contribution is -2.52. The van der Waals surface area contributed by atoms with Crippen molar-refractivity contribution in [2.75, 3.05) is 58.7 Å². The van der Waals surface area contributed by atoms with Crippen LogP contribution in [-0.2, 0) is 49.7 Å². The first-order valence-corrected chi connectivity index (χ1v) is 28.1. The summed E-state index contributed by atoms with van der Waals surface area (Å²) in [6.45, 7) is 14.8. The smallest absolute Gasteiger partial charge is 0.407 e. The number of nitrogens with zero attached hydrogens (tertiary/aromatic N) is 1. The molecule has 372 valence electrons. The van der Waals surface area contributed by atoms with Crippen LogP contribution in [0.5, 0.6) is 11.5 Å². The average Bonchev–Trinajstić information content (AvgIpc) is 3.96. The van der Waals surface area contributed by atoms with Crippen molar-refractivity contribution in [3.8, 4) is 11.5 Å². The number of ether oxygens (including phenoxy) is 5. The molecule has 3 aliphatic heterocycles. The fourth-order valence-electron chi connectivity index (χ4n) is 7.35. The molecule has 0 aromatic heterocycles. The number of aliphatic hydroxyl groups is 1. The SMILES string of the molecule is CC(C)(CCCCN)CN(C[C@@H](O)[C@H](Cc1ccccc1)NC(=O)O[C@H]1CO[C@H]2OCC[C@H]21)S(=O)(=O)c1ccc2c(c1)OCO2.CC(C)C(C)(C)CCCCNS(C)(=O)=O.CS(=O)(=O)Cl. The Hall–Kier alpha value is -2.79. The highest BCUT2D eigenvalue weighted by Crippen LogP contribution is 2.37. The fourth-order valence-corrected chi connectivity index (χ4v) is 9.53. The predicted molar refractivity (Wildman–Crippen MR) is 251 cm³/mol. The van der Waals surface area contributed by atoms with Crippen LogP contribution in [0.3, 0.4) is 0 Å². The van der Waals surface area contributed by atoms with E-state index in [0.29, 0.717) is 42.5 Å². The number of alkyl carbamates (subject to hydrolysis) is 1. The molecule has 0 saturated carbocycles. The van der Waals surface area contributed by atoms with Gasteiger partial charge in [-0.3, -0.25) is 0 Å². The van der Waals surface area contributed by atoms with Crippen molar-refractivity contribution >= 4 is 45.9 Å². The van der Waals surface area contributed by atoms with E-state index in [9.17, 15) is 35.2 Å². The minimum absolute atomic E-state index is 0.0137. The normalized spacial score (nSPS) is 19.4. The third-order valence-corrected chi connectivity index (χ3v) is 14.3. The highest BCUT2D eigenvalue weighted by Gasteiger charge is 2.44. The summed E-state index contributed by atoms with van der Waals surface area (Å²) in [5.41, 5.74) is 6.50. The second kappa shape index (κ2) is 25.5. The van der Waals surface area contributed by atoms with Crippen molar-refractivity contribution in [3.63, 3.8) is 0 Å². The quantitative estimate of drug-likeness (QED) is 0.0831. The second-order valence-electron chi connectivity index (χ2n) is 18.6. The standard InChI is InChI=1S/C32H45N3O9S.C11H25NO2S.CH3ClO2S/c1-32(2,13-6-7-14-33)20-35(45(38,39)23-10-11-27-28(17-23)43-21-42-27)18-26(36)25(16-22-8-4-3-5-9-22)34-31(37)44-29-19-41-30-24(29)12-15-40-30;1-10(2)11(3,4)8-6-7-9-12-15(5,13)14;1-5(2,3)4/h3-5,8-11,17,24-26,29-30,36H,6-7,12-16,18-21,33H2,1-2H3,(H,34,37);10,12H,6-9H2,1-5H3;1H3/t24-,25-,26+,29-,30+;;/m0../s1. The summed E-state index contributed by atoms with van der Waals surface area (Å²) < 4.78 is 100. The number of halogens is 1. The van der Waals surface area contributed by atoms with Gasteiger partial charge < -0.3 is 39.8 Å². The van der Waals surface area contributed by atoms with Gasteiger partial charge in [0.2, 0.25) is 35.9 Å². The molecule has 5 rings (SSSR count). The number of nitrogens with one attached hydrogen (secondary N) is 2. The maximum atomic E-state index is 14.2. The maximum Gasteiger partial charge on any atom is 0.407 e. The van der Waals surface area contributed by atoms with Crippen molar-refractivity contribution in [1.82, 2.24) is 14.3 Å². The fraction of sp³-hybridized carbons (Fsp3) is 0.705. The third-order valence-electron chi connectivity index (χ3n) is 11.8. The van der Waals surface area contributed by atoms with E-state index in [1.54, 1.807) is 6.07 Å². The number of aliphatic hydroxyl groups excluding tert-OH is 1. The third kappa shape index (κ3) is 20.5.